The fraction of sp³-hybridized carbons (Fsp3) is 0.130. The van der Waals surface area contributed by atoms with Crippen molar-refractivity contribution in [3.63, 3.8) is 0 Å². The van der Waals surface area contributed by atoms with Crippen LogP contribution >= 0.6 is 23.2 Å². The first kappa shape index (κ1) is 23.1. The number of rotatable bonds is 5. The number of fused-ring (bicyclic) bond motifs is 1. The molecular formula is C23H19Cl2N3O4S. The van der Waals surface area contributed by atoms with Crippen LogP contribution in [0, 0.1) is 6.92 Å². The van der Waals surface area contributed by atoms with Crippen LogP contribution in [0.5, 0.6) is 0 Å². The smallest absolute Gasteiger partial charge is 0.264 e. The maximum atomic E-state index is 13.6. The van der Waals surface area contributed by atoms with Gasteiger partial charge in [0.1, 0.15) is 13.1 Å². The Balaban J connectivity index is 1.78. The van der Waals surface area contributed by atoms with E-state index in [9.17, 15) is 18.0 Å². The number of hydrogen-bond donors (Lipinski definition) is 1. The molecule has 0 fully saturated rings. The van der Waals surface area contributed by atoms with Gasteiger partial charge < -0.3 is 5.32 Å². The number of nitrogens with one attached hydrogen (secondary N) is 1. The van der Waals surface area contributed by atoms with Crippen LogP contribution < -0.4 is 14.5 Å². The number of carbonyl (C=O) groups excluding carboxylic acids is 2. The van der Waals surface area contributed by atoms with Gasteiger partial charge in [0, 0.05) is 5.02 Å². The summed E-state index contributed by atoms with van der Waals surface area (Å²) >= 11 is 12.5. The predicted molar refractivity (Wildman–Crippen MR) is 130 cm³/mol. The van der Waals surface area contributed by atoms with Crippen LogP contribution in [-0.2, 0) is 19.6 Å². The lowest BCUT2D eigenvalue weighted by molar-refractivity contribution is -0.121. The van der Waals surface area contributed by atoms with Gasteiger partial charge in [0.2, 0.25) is 11.8 Å². The molecule has 1 N–H and O–H groups in total. The highest BCUT2D eigenvalue weighted by Gasteiger charge is 2.33. The lowest BCUT2D eigenvalue weighted by Gasteiger charge is -2.32. The van der Waals surface area contributed by atoms with Gasteiger partial charge in [-0.25, -0.2) is 8.42 Å². The average Bonchev–Trinajstić information content (AvgIpc) is 2.78. The first-order valence-electron chi connectivity index (χ1n) is 9.90. The largest absolute Gasteiger partial charge is 0.323 e. The van der Waals surface area contributed by atoms with Gasteiger partial charge in [-0.3, -0.25) is 18.8 Å². The highest BCUT2D eigenvalue weighted by Crippen LogP contribution is 2.34. The van der Waals surface area contributed by atoms with E-state index in [4.69, 9.17) is 23.2 Å². The van der Waals surface area contributed by atoms with Gasteiger partial charge in [-0.1, -0.05) is 53.0 Å². The maximum absolute atomic E-state index is 13.6. The Bertz CT molecular complexity index is 1340. The number of carbonyl (C=O) groups is 2. The average molecular weight is 504 g/mol. The molecule has 33 heavy (non-hydrogen) atoms. The summed E-state index contributed by atoms with van der Waals surface area (Å²) in [6.45, 7) is 1.01. The topological polar surface area (TPSA) is 86.8 Å². The molecule has 3 aromatic carbocycles. The fourth-order valence-electron chi connectivity index (χ4n) is 3.48. The van der Waals surface area contributed by atoms with Gasteiger partial charge >= 0.3 is 0 Å². The molecule has 0 aliphatic carbocycles. The number of nitrogens with zero attached hydrogens (tertiary/aromatic N) is 2. The van der Waals surface area contributed by atoms with Crippen molar-refractivity contribution >= 4 is 62.1 Å². The summed E-state index contributed by atoms with van der Waals surface area (Å²) in [6, 6.07) is 17.4. The zero-order chi connectivity index (χ0) is 23.8. The Hall–Kier alpha value is -3.07. The highest BCUT2D eigenvalue weighted by molar-refractivity contribution is 7.92. The van der Waals surface area contributed by atoms with Crippen LogP contribution in [0.15, 0.2) is 71.6 Å². The molecule has 0 bridgehead atoms. The van der Waals surface area contributed by atoms with Gasteiger partial charge in [-0.05, 0) is 49.4 Å². The molecular weight excluding hydrogens is 485 g/mol. The number of para-hydroxylation sites is 2. The molecule has 170 valence electrons. The van der Waals surface area contributed by atoms with Crippen LogP contribution in [-0.4, -0.2) is 33.3 Å². The Morgan fingerprint density at radius 3 is 2.48 bits per heavy atom. The number of anilines is 3. The molecule has 1 aliphatic heterocycles. The van der Waals surface area contributed by atoms with E-state index in [0.717, 1.165) is 9.87 Å². The monoisotopic (exact) mass is 503 g/mol. The zero-order valence-corrected chi connectivity index (χ0v) is 19.8. The third kappa shape index (κ3) is 4.68. The Morgan fingerprint density at radius 1 is 1.06 bits per heavy atom. The Labute approximate surface area is 201 Å². The summed E-state index contributed by atoms with van der Waals surface area (Å²) in [5, 5.41) is 3.07. The van der Waals surface area contributed by atoms with Crippen molar-refractivity contribution in [2.45, 2.75) is 11.8 Å². The quantitative estimate of drug-likeness (QED) is 0.555. The Kier molecular flexibility index (Phi) is 6.34. The molecule has 0 radical (unpaired) electrons. The molecule has 10 heteroatoms. The molecule has 1 aliphatic rings. The normalized spacial score (nSPS) is 13.3. The molecule has 0 saturated heterocycles. The lowest BCUT2D eigenvalue weighted by atomic mass is 10.2. The molecule has 0 unspecified atom stereocenters. The van der Waals surface area contributed by atoms with Gasteiger partial charge in [-0.2, -0.15) is 0 Å². The van der Waals surface area contributed by atoms with Crippen molar-refractivity contribution in [3.8, 4) is 0 Å². The summed E-state index contributed by atoms with van der Waals surface area (Å²) in [5.74, 6) is -0.972. The standard InChI is InChI=1S/C23H19Cl2N3O4S/c1-15-6-9-17(10-7-15)33(31,32)28(21-12-16(24)8-11-18(21)25)14-23(30)27-13-22(29)26-19-4-2-3-5-20(19)27/h2-12H,13-14H2,1H3,(H,26,29). The summed E-state index contributed by atoms with van der Waals surface area (Å²) in [6.07, 6.45) is 0. The molecule has 4 rings (SSSR count). The van der Waals surface area contributed by atoms with Crippen LogP contribution in [0.25, 0.3) is 0 Å². The first-order valence-corrected chi connectivity index (χ1v) is 12.1. The second kappa shape index (κ2) is 9.05. The minimum absolute atomic E-state index is 0.00581. The number of amides is 2. The maximum Gasteiger partial charge on any atom is 0.264 e. The van der Waals surface area contributed by atoms with E-state index in [1.54, 1.807) is 36.4 Å². The van der Waals surface area contributed by atoms with Gasteiger partial charge in [0.05, 0.1) is 27.0 Å². The molecule has 0 spiro atoms. The first-order chi connectivity index (χ1) is 15.7. The van der Waals surface area contributed by atoms with Gasteiger partial charge in [0.25, 0.3) is 10.0 Å². The van der Waals surface area contributed by atoms with E-state index in [2.05, 4.69) is 5.32 Å². The van der Waals surface area contributed by atoms with Crippen molar-refractivity contribution in [2.75, 3.05) is 27.6 Å². The minimum Gasteiger partial charge on any atom is -0.323 e. The SMILES string of the molecule is Cc1ccc(S(=O)(=O)N(CC(=O)N2CC(=O)Nc3ccccc32)c2cc(Cl)ccc2Cl)cc1. The van der Waals surface area contributed by atoms with Gasteiger partial charge in [0.15, 0.2) is 0 Å². The summed E-state index contributed by atoms with van der Waals surface area (Å²) < 4.78 is 28.1. The number of benzene rings is 3. The lowest BCUT2D eigenvalue weighted by Crippen LogP contribution is -2.48. The van der Waals surface area contributed by atoms with Crippen molar-refractivity contribution in [3.05, 3.63) is 82.3 Å². The molecule has 7 nitrogen and oxygen atoms in total. The zero-order valence-electron chi connectivity index (χ0n) is 17.5. The third-order valence-corrected chi connectivity index (χ3v) is 7.47. The van der Waals surface area contributed by atoms with Crippen molar-refractivity contribution in [1.82, 2.24) is 0 Å². The second-order valence-corrected chi connectivity index (χ2v) is 10.2. The third-order valence-electron chi connectivity index (χ3n) is 5.14. The number of halogens is 2. The fourth-order valence-corrected chi connectivity index (χ4v) is 5.34. The predicted octanol–water partition coefficient (Wildman–Crippen LogP) is 4.48. The van der Waals surface area contributed by atoms with Crippen LogP contribution in [0.2, 0.25) is 10.0 Å². The van der Waals surface area contributed by atoms with Gasteiger partial charge in [-0.15, -0.1) is 0 Å². The van der Waals surface area contributed by atoms with Crippen molar-refractivity contribution < 1.29 is 18.0 Å². The van der Waals surface area contributed by atoms with Crippen LogP contribution in [0.3, 0.4) is 0 Å². The minimum atomic E-state index is -4.19. The summed E-state index contributed by atoms with van der Waals surface area (Å²) in [5.41, 5.74) is 1.89. The molecule has 0 saturated carbocycles. The van der Waals surface area contributed by atoms with Crippen LogP contribution in [0.4, 0.5) is 17.1 Å². The number of aryl methyl sites for hydroxylation is 1. The second-order valence-electron chi connectivity index (χ2n) is 7.47. The van der Waals surface area contributed by atoms with E-state index in [1.807, 2.05) is 6.92 Å². The van der Waals surface area contributed by atoms with E-state index in [-0.39, 0.29) is 33.1 Å². The highest BCUT2D eigenvalue weighted by atomic mass is 35.5. The molecule has 1 heterocycles. The van der Waals surface area contributed by atoms with Crippen LogP contribution in [0.1, 0.15) is 5.56 Å². The number of hydrogen-bond acceptors (Lipinski definition) is 4. The van der Waals surface area contributed by atoms with E-state index in [0.29, 0.717) is 11.4 Å². The summed E-state index contributed by atoms with van der Waals surface area (Å²) in [4.78, 5) is 26.8. The van der Waals surface area contributed by atoms with Crippen molar-refractivity contribution in [1.29, 1.82) is 0 Å². The molecule has 3 aromatic rings. The van der Waals surface area contributed by atoms with E-state index < -0.39 is 22.5 Å². The molecule has 0 aromatic heterocycles. The number of sulfonamides is 1. The Morgan fingerprint density at radius 2 is 1.76 bits per heavy atom. The van der Waals surface area contributed by atoms with E-state index in [1.165, 1.54) is 35.2 Å². The van der Waals surface area contributed by atoms with Crippen molar-refractivity contribution in [2.24, 2.45) is 0 Å². The molecule has 0 atom stereocenters. The van der Waals surface area contributed by atoms with E-state index >= 15 is 0 Å². The molecule has 2 amide bonds. The summed E-state index contributed by atoms with van der Waals surface area (Å²) in [7, 11) is -4.19.